The van der Waals surface area contributed by atoms with Gasteiger partial charge in [0.25, 0.3) is 0 Å². The Morgan fingerprint density at radius 2 is 0.844 bits per heavy atom. The van der Waals surface area contributed by atoms with E-state index in [0.29, 0.717) is 0 Å². The van der Waals surface area contributed by atoms with Crippen molar-refractivity contribution < 1.29 is 0 Å². The van der Waals surface area contributed by atoms with Crippen molar-refractivity contribution >= 4 is 66.8 Å². The molecule has 0 radical (unpaired) electrons. The standard InChI is InChI=1S/C73H56N4/c1-73(2,3)72-70(75(58-28-12-6-13-29-58)61-32-20-26-54(47-61)51-22-8-4-9-23-51)48-57(55-39-44-67-56(46-55)27-21-45-74-67)49-71(72)76(60-40-37-53(38-41-60)64-34-17-16-33-63(64)52-24-10-5-11-25-52)62-42-43-66-65-35-18-19-36-68(65)77(69(66)50-62)59-30-14-7-15-31-59/h4-50H,1-3H3. The van der Waals surface area contributed by atoms with Gasteiger partial charge in [-0.15, -0.1) is 0 Å². The highest BCUT2D eigenvalue weighted by molar-refractivity contribution is 6.10. The SMILES string of the molecule is CC(C)(C)c1c(N(c2ccccc2)c2cccc(-c3ccccc3)c2)cc(-c2ccc3ncccc3c2)cc1N(c1ccc(-c2ccccc2-c2ccccc2)cc1)c1ccc2c3ccccc3n(-c3ccccc3)c2c1. The van der Waals surface area contributed by atoms with Gasteiger partial charge in [-0.05, 0) is 147 Å². The quantitative estimate of drug-likeness (QED) is 0.129. The molecule has 0 bridgehead atoms. The number of para-hydroxylation sites is 3. The highest BCUT2D eigenvalue weighted by Gasteiger charge is 2.32. The third-order valence-electron chi connectivity index (χ3n) is 14.9. The second kappa shape index (κ2) is 19.8. The smallest absolute Gasteiger partial charge is 0.0702 e. The van der Waals surface area contributed by atoms with E-state index in [1.54, 1.807) is 0 Å². The summed E-state index contributed by atoms with van der Waals surface area (Å²) in [4.78, 5) is 9.73. The van der Waals surface area contributed by atoms with Gasteiger partial charge in [-0.1, -0.05) is 203 Å². The molecule has 0 unspecified atom stereocenters. The average Bonchev–Trinajstić information content (AvgIpc) is 3.82. The minimum atomic E-state index is -0.392. The maximum absolute atomic E-state index is 4.75. The van der Waals surface area contributed by atoms with E-state index in [0.717, 1.165) is 78.5 Å². The summed E-state index contributed by atoms with van der Waals surface area (Å²) in [5.41, 5.74) is 20.8. The minimum Gasteiger partial charge on any atom is -0.310 e. The van der Waals surface area contributed by atoms with Crippen molar-refractivity contribution in [2.45, 2.75) is 26.2 Å². The predicted octanol–water partition coefficient (Wildman–Crippen LogP) is 20.2. The van der Waals surface area contributed by atoms with Gasteiger partial charge >= 0.3 is 0 Å². The largest absolute Gasteiger partial charge is 0.310 e. The summed E-state index contributed by atoms with van der Waals surface area (Å²) in [6, 6.07) is 102. The lowest BCUT2D eigenvalue weighted by Gasteiger charge is -2.38. The zero-order valence-corrected chi connectivity index (χ0v) is 43.4. The topological polar surface area (TPSA) is 24.3 Å². The predicted molar refractivity (Wildman–Crippen MR) is 326 cm³/mol. The Balaban J connectivity index is 1.12. The summed E-state index contributed by atoms with van der Waals surface area (Å²) >= 11 is 0. The molecular formula is C73H56N4. The van der Waals surface area contributed by atoms with Crippen LogP contribution in [0.2, 0.25) is 0 Å². The minimum absolute atomic E-state index is 0.392. The first kappa shape index (κ1) is 47.0. The van der Waals surface area contributed by atoms with Gasteiger partial charge in [0, 0.05) is 56.4 Å². The lowest BCUT2D eigenvalue weighted by atomic mass is 9.81. The zero-order chi connectivity index (χ0) is 51.9. The molecule has 0 saturated heterocycles. The second-order valence-corrected chi connectivity index (χ2v) is 20.8. The van der Waals surface area contributed by atoms with E-state index < -0.39 is 5.41 Å². The van der Waals surface area contributed by atoms with Crippen LogP contribution < -0.4 is 9.80 Å². The van der Waals surface area contributed by atoms with Gasteiger partial charge in [0.15, 0.2) is 0 Å². The van der Waals surface area contributed by atoms with Gasteiger partial charge in [-0.3, -0.25) is 4.98 Å². The molecule has 13 rings (SSSR count). The Hall–Kier alpha value is -9.77. The third kappa shape index (κ3) is 8.90. The fraction of sp³-hybridized carbons (Fsp3) is 0.0548. The van der Waals surface area contributed by atoms with Gasteiger partial charge in [0.05, 0.1) is 27.9 Å². The number of benzene rings is 11. The fourth-order valence-corrected chi connectivity index (χ4v) is 11.4. The maximum Gasteiger partial charge on any atom is 0.0702 e. The van der Waals surface area contributed by atoms with Crippen LogP contribution in [0.15, 0.2) is 285 Å². The van der Waals surface area contributed by atoms with Crippen LogP contribution in [0.5, 0.6) is 0 Å². The molecule has 4 nitrogen and oxygen atoms in total. The van der Waals surface area contributed by atoms with E-state index in [1.165, 1.54) is 44.1 Å². The molecule has 77 heavy (non-hydrogen) atoms. The molecule has 0 N–H and O–H groups in total. The molecule has 0 saturated carbocycles. The maximum atomic E-state index is 4.75. The number of hydrogen-bond donors (Lipinski definition) is 0. The number of aromatic nitrogens is 2. The number of anilines is 6. The molecule has 0 aliphatic rings. The van der Waals surface area contributed by atoms with E-state index >= 15 is 0 Å². The number of hydrogen-bond acceptors (Lipinski definition) is 3. The number of rotatable bonds is 11. The van der Waals surface area contributed by atoms with E-state index in [1.807, 2.05) is 12.3 Å². The fourth-order valence-electron chi connectivity index (χ4n) is 11.4. The first-order valence-corrected chi connectivity index (χ1v) is 26.5. The van der Waals surface area contributed by atoms with Gasteiger partial charge in [0.1, 0.15) is 0 Å². The molecule has 4 heteroatoms. The van der Waals surface area contributed by atoms with Crippen LogP contribution >= 0.6 is 0 Å². The summed E-state index contributed by atoms with van der Waals surface area (Å²) in [6.45, 7) is 7.08. The summed E-state index contributed by atoms with van der Waals surface area (Å²) in [5.74, 6) is 0. The Morgan fingerprint density at radius 1 is 0.338 bits per heavy atom. The van der Waals surface area contributed by atoms with E-state index in [-0.39, 0.29) is 0 Å². The molecule has 0 spiro atoms. The van der Waals surface area contributed by atoms with Crippen LogP contribution in [0.25, 0.3) is 82.9 Å². The van der Waals surface area contributed by atoms with Crippen LogP contribution in [0, 0.1) is 0 Å². The lowest BCUT2D eigenvalue weighted by Crippen LogP contribution is -2.24. The monoisotopic (exact) mass is 988 g/mol. The number of fused-ring (bicyclic) bond motifs is 4. The van der Waals surface area contributed by atoms with Crippen molar-refractivity contribution in [2.75, 3.05) is 9.80 Å². The van der Waals surface area contributed by atoms with Crippen molar-refractivity contribution in [2.24, 2.45) is 0 Å². The summed E-state index contributed by atoms with van der Waals surface area (Å²) in [7, 11) is 0. The van der Waals surface area contributed by atoms with Gasteiger partial charge < -0.3 is 14.4 Å². The van der Waals surface area contributed by atoms with Gasteiger partial charge in [-0.2, -0.15) is 0 Å². The van der Waals surface area contributed by atoms with Crippen LogP contribution in [-0.2, 0) is 5.41 Å². The highest BCUT2D eigenvalue weighted by atomic mass is 15.2. The Bertz CT molecular complexity index is 4230. The molecule has 11 aromatic carbocycles. The number of pyridine rings is 1. The molecule has 0 fully saturated rings. The molecule has 0 atom stereocenters. The molecule has 0 amide bonds. The lowest BCUT2D eigenvalue weighted by molar-refractivity contribution is 0.592. The summed E-state index contributed by atoms with van der Waals surface area (Å²) in [6.07, 6.45) is 1.87. The van der Waals surface area contributed by atoms with Crippen LogP contribution in [0.4, 0.5) is 34.1 Å². The number of nitrogens with zero attached hydrogens (tertiary/aromatic N) is 4. The Morgan fingerprint density at radius 3 is 1.53 bits per heavy atom. The molecule has 13 aromatic rings. The first-order chi connectivity index (χ1) is 37.8. The normalized spacial score (nSPS) is 11.6. The van der Waals surface area contributed by atoms with Crippen molar-refractivity contribution in [3.63, 3.8) is 0 Å². The summed E-state index contributed by atoms with van der Waals surface area (Å²) in [5, 5.41) is 3.50. The van der Waals surface area contributed by atoms with Crippen LogP contribution in [-0.4, -0.2) is 9.55 Å². The second-order valence-electron chi connectivity index (χ2n) is 20.8. The van der Waals surface area contributed by atoms with Crippen molar-refractivity contribution in [1.82, 2.24) is 9.55 Å². The van der Waals surface area contributed by atoms with Crippen molar-refractivity contribution in [3.05, 3.63) is 291 Å². The third-order valence-corrected chi connectivity index (χ3v) is 14.9. The van der Waals surface area contributed by atoms with Crippen LogP contribution in [0.1, 0.15) is 26.3 Å². The van der Waals surface area contributed by atoms with E-state index in [2.05, 4.69) is 308 Å². The molecule has 0 aliphatic carbocycles. The summed E-state index contributed by atoms with van der Waals surface area (Å²) < 4.78 is 2.42. The highest BCUT2D eigenvalue weighted by Crippen LogP contribution is 2.52. The average molecular weight is 989 g/mol. The van der Waals surface area contributed by atoms with Gasteiger partial charge in [0.2, 0.25) is 0 Å². The van der Waals surface area contributed by atoms with E-state index in [4.69, 9.17) is 4.98 Å². The van der Waals surface area contributed by atoms with E-state index in [9.17, 15) is 0 Å². The van der Waals surface area contributed by atoms with Crippen LogP contribution in [0.3, 0.4) is 0 Å². The Kier molecular flexibility index (Phi) is 12.1. The van der Waals surface area contributed by atoms with Crippen molar-refractivity contribution in [1.29, 1.82) is 0 Å². The Labute approximate surface area is 451 Å². The molecular weight excluding hydrogens is 933 g/mol. The first-order valence-electron chi connectivity index (χ1n) is 26.5. The van der Waals surface area contributed by atoms with Gasteiger partial charge in [-0.25, -0.2) is 0 Å². The molecule has 0 aliphatic heterocycles. The molecule has 2 aromatic heterocycles. The molecule has 2 heterocycles. The van der Waals surface area contributed by atoms with Crippen molar-refractivity contribution in [3.8, 4) is 50.2 Å². The molecule has 368 valence electrons. The zero-order valence-electron chi connectivity index (χ0n) is 43.4.